The standard InChI is InChI=1S/C19H12Cl2FNO5S/c20-14-3-1-2-4-18(14)28-11-5-7-12(8-6-11)29(26,27)23-17-10-16(22)15(21)9-13(17)19(24)25/h1-10,23H,(H,24,25). The molecule has 0 bridgehead atoms. The predicted octanol–water partition coefficient (Wildman–Crippen LogP) is 5.42. The van der Waals surface area contributed by atoms with Crippen LogP contribution in [0.2, 0.25) is 10.0 Å². The Labute approximate surface area is 175 Å². The van der Waals surface area contributed by atoms with Gasteiger partial charge in [0.25, 0.3) is 10.0 Å². The first-order valence-electron chi connectivity index (χ1n) is 7.95. The molecule has 0 unspecified atom stereocenters. The van der Waals surface area contributed by atoms with Crippen LogP contribution >= 0.6 is 23.2 Å². The van der Waals surface area contributed by atoms with Crippen molar-refractivity contribution in [1.82, 2.24) is 0 Å². The van der Waals surface area contributed by atoms with Gasteiger partial charge in [-0.1, -0.05) is 35.3 Å². The summed E-state index contributed by atoms with van der Waals surface area (Å²) < 4.78 is 46.5. The summed E-state index contributed by atoms with van der Waals surface area (Å²) in [5, 5.41) is 9.15. The molecule has 3 rings (SSSR count). The number of para-hydroxylation sites is 1. The van der Waals surface area contributed by atoms with Crippen LogP contribution in [0.4, 0.5) is 10.1 Å². The van der Waals surface area contributed by atoms with Crippen molar-refractivity contribution in [2.75, 3.05) is 4.72 Å². The summed E-state index contributed by atoms with van der Waals surface area (Å²) in [6, 6.07) is 13.6. The van der Waals surface area contributed by atoms with Crippen LogP contribution in [0.15, 0.2) is 65.6 Å². The fraction of sp³-hybridized carbons (Fsp3) is 0. The zero-order valence-corrected chi connectivity index (χ0v) is 16.7. The molecule has 0 aliphatic heterocycles. The fourth-order valence-corrected chi connectivity index (χ4v) is 3.76. The second kappa shape index (κ2) is 8.28. The van der Waals surface area contributed by atoms with E-state index in [9.17, 15) is 22.7 Å². The molecular weight excluding hydrogens is 444 g/mol. The maximum absolute atomic E-state index is 13.7. The number of aromatic carboxylic acids is 1. The second-order valence-corrected chi connectivity index (χ2v) is 8.22. The number of sulfonamides is 1. The van der Waals surface area contributed by atoms with E-state index in [0.29, 0.717) is 22.6 Å². The van der Waals surface area contributed by atoms with Gasteiger partial charge in [-0.05, 0) is 42.5 Å². The third-order valence-electron chi connectivity index (χ3n) is 3.73. The quantitative estimate of drug-likeness (QED) is 0.517. The van der Waals surface area contributed by atoms with Gasteiger partial charge in [0.05, 0.1) is 26.2 Å². The van der Waals surface area contributed by atoms with Gasteiger partial charge >= 0.3 is 5.97 Å². The molecule has 0 atom stereocenters. The highest BCUT2D eigenvalue weighted by molar-refractivity contribution is 7.92. The average molecular weight is 456 g/mol. The van der Waals surface area contributed by atoms with Crippen LogP contribution in [0, 0.1) is 5.82 Å². The van der Waals surface area contributed by atoms with Gasteiger partial charge in [-0.25, -0.2) is 17.6 Å². The van der Waals surface area contributed by atoms with Crippen molar-refractivity contribution >= 4 is 44.9 Å². The first-order valence-corrected chi connectivity index (χ1v) is 10.2. The topological polar surface area (TPSA) is 92.7 Å². The molecule has 10 heteroatoms. The van der Waals surface area contributed by atoms with Gasteiger partial charge in [0.1, 0.15) is 17.3 Å². The third-order valence-corrected chi connectivity index (χ3v) is 5.72. The van der Waals surface area contributed by atoms with Crippen molar-refractivity contribution in [3.63, 3.8) is 0 Å². The molecule has 0 saturated heterocycles. The predicted molar refractivity (Wildman–Crippen MR) is 107 cm³/mol. The van der Waals surface area contributed by atoms with Crippen molar-refractivity contribution in [3.8, 4) is 11.5 Å². The maximum atomic E-state index is 13.7. The summed E-state index contributed by atoms with van der Waals surface area (Å²) in [5.41, 5.74) is -0.936. The molecule has 2 N–H and O–H groups in total. The summed E-state index contributed by atoms with van der Waals surface area (Å²) >= 11 is 11.6. The number of hydrogen-bond donors (Lipinski definition) is 2. The Hall–Kier alpha value is -2.81. The van der Waals surface area contributed by atoms with E-state index in [-0.39, 0.29) is 4.90 Å². The van der Waals surface area contributed by atoms with Crippen molar-refractivity contribution in [3.05, 3.63) is 82.1 Å². The lowest BCUT2D eigenvalue weighted by atomic mass is 10.2. The highest BCUT2D eigenvalue weighted by atomic mass is 35.5. The second-order valence-electron chi connectivity index (χ2n) is 5.73. The van der Waals surface area contributed by atoms with Crippen molar-refractivity contribution < 1.29 is 27.4 Å². The Balaban J connectivity index is 1.86. The average Bonchev–Trinajstić information content (AvgIpc) is 2.66. The number of carboxylic acids is 1. The highest BCUT2D eigenvalue weighted by Gasteiger charge is 2.21. The molecule has 6 nitrogen and oxygen atoms in total. The van der Waals surface area contributed by atoms with Gasteiger partial charge in [0.15, 0.2) is 0 Å². The molecule has 0 aromatic heterocycles. The monoisotopic (exact) mass is 455 g/mol. The lowest BCUT2D eigenvalue weighted by Gasteiger charge is -2.12. The largest absolute Gasteiger partial charge is 0.478 e. The highest BCUT2D eigenvalue weighted by Crippen LogP contribution is 2.30. The minimum atomic E-state index is -4.20. The Morgan fingerprint density at radius 2 is 1.66 bits per heavy atom. The summed E-state index contributed by atoms with van der Waals surface area (Å²) in [4.78, 5) is 11.1. The molecule has 3 aromatic rings. The van der Waals surface area contributed by atoms with Crippen LogP contribution in [-0.4, -0.2) is 19.5 Å². The van der Waals surface area contributed by atoms with Gasteiger partial charge in [-0.15, -0.1) is 0 Å². The molecular formula is C19H12Cl2FNO5S. The first kappa shape index (κ1) is 20.9. The molecule has 0 heterocycles. The Morgan fingerprint density at radius 3 is 2.28 bits per heavy atom. The third kappa shape index (κ3) is 4.79. The number of benzene rings is 3. The van der Waals surface area contributed by atoms with E-state index in [1.165, 1.54) is 24.3 Å². The lowest BCUT2D eigenvalue weighted by Crippen LogP contribution is -2.16. The molecule has 29 heavy (non-hydrogen) atoms. The fourth-order valence-electron chi connectivity index (χ4n) is 2.35. The maximum Gasteiger partial charge on any atom is 0.337 e. The van der Waals surface area contributed by atoms with E-state index >= 15 is 0 Å². The molecule has 0 spiro atoms. The number of halogens is 3. The zero-order chi connectivity index (χ0) is 21.2. The van der Waals surface area contributed by atoms with E-state index in [1.807, 2.05) is 0 Å². The number of nitrogens with one attached hydrogen (secondary N) is 1. The summed E-state index contributed by atoms with van der Waals surface area (Å²) in [7, 11) is -4.20. The van der Waals surface area contributed by atoms with Gasteiger partial charge in [-0.2, -0.15) is 0 Å². The number of rotatable bonds is 6. The molecule has 0 radical (unpaired) electrons. The van der Waals surface area contributed by atoms with Gasteiger partial charge in [0.2, 0.25) is 0 Å². The van der Waals surface area contributed by atoms with Crippen LogP contribution in [0.5, 0.6) is 11.5 Å². The number of ether oxygens (including phenoxy) is 1. The smallest absolute Gasteiger partial charge is 0.337 e. The first-order chi connectivity index (χ1) is 13.7. The molecule has 3 aromatic carbocycles. The van der Waals surface area contributed by atoms with Crippen LogP contribution in [0.1, 0.15) is 10.4 Å². The van der Waals surface area contributed by atoms with E-state index in [4.69, 9.17) is 27.9 Å². The van der Waals surface area contributed by atoms with Gasteiger partial charge in [0, 0.05) is 6.07 Å². The number of hydrogen-bond acceptors (Lipinski definition) is 4. The van der Waals surface area contributed by atoms with Gasteiger partial charge < -0.3 is 9.84 Å². The molecule has 0 amide bonds. The van der Waals surface area contributed by atoms with E-state index < -0.39 is 38.1 Å². The SMILES string of the molecule is O=C(O)c1cc(Cl)c(F)cc1NS(=O)(=O)c1ccc(Oc2ccccc2Cl)cc1. The van der Waals surface area contributed by atoms with Crippen molar-refractivity contribution in [2.24, 2.45) is 0 Å². The molecule has 0 aliphatic rings. The van der Waals surface area contributed by atoms with E-state index in [0.717, 1.165) is 6.07 Å². The van der Waals surface area contributed by atoms with Crippen molar-refractivity contribution in [2.45, 2.75) is 4.90 Å². The summed E-state index contributed by atoms with van der Waals surface area (Å²) in [6.07, 6.45) is 0. The number of anilines is 1. The molecule has 0 aliphatic carbocycles. The zero-order valence-electron chi connectivity index (χ0n) is 14.4. The van der Waals surface area contributed by atoms with Crippen LogP contribution in [0.25, 0.3) is 0 Å². The minimum Gasteiger partial charge on any atom is -0.478 e. The normalized spacial score (nSPS) is 11.1. The Morgan fingerprint density at radius 1 is 1.00 bits per heavy atom. The Kier molecular flexibility index (Phi) is 5.97. The number of carbonyl (C=O) groups is 1. The molecule has 0 fully saturated rings. The van der Waals surface area contributed by atoms with Gasteiger partial charge in [-0.3, -0.25) is 4.72 Å². The summed E-state index contributed by atoms with van der Waals surface area (Å²) in [6.45, 7) is 0. The van der Waals surface area contributed by atoms with E-state index in [2.05, 4.69) is 4.72 Å². The minimum absolute atomic E-state index is 0.185. The Bertz CT molecular complexity index is 1180. The lowest BCUT2D eigenvalue weighted by molar-refractivity contribution is 0.0698. The number of carboxylic acid groups (broad SMARTS) is 1. The van der Waals surface area contributed by atoms with E-state index in [1.54, 1.807) is 24.3 Å². The van der Waals surface area contributed by atoms with Crippen LogP contribution < -0.4 is 9.46 Å². The van der Waals surface area contributed by atoms with Crippen LogP contribution in [0.3, 0.4) is 0 Å². The van der Waals surface area contributed by atoms with Crippen LogP contribution in [-0.2, 0) is 10.0 Å². The summed E-state index contributed by atoms with van der Waals surface area (Å²) in [5.74, 6) is -1.70. The molecule has 0 saturated carbocycles. The molecule has 150 valence electrons. The van der Waals surface area contributed by atoms with Crippen molar-refractivity contribution in [1.29, 1.82) is 0 Å².